The zero-order chi connectivity index (χ0) is 14.3. The lowest BCUT2D eigenvalue weighted by molar-refractivity contribution is -0.122. The molecule has 0 radical (unpaired) electrons. The number of amides is 1. The second kappa shape index (κ2) is 4.44. The third kappa shape index (κ3) is 1.82. The lowest BCUT2D eigenvalue weighted by atomic mass is 9.78. The fraction of sp³-hybridized carbons (Fsp3) is 0.235. The van der Waals surface area contributed by atoms with Crippen LogP contribution in [-0.2, 0) is 16.6 Å². The first kappa shape index (κ1) is 12.9. The molecule has 20 heavy (non-hydrogen) atoms. The van der Waals surface area contributed by atoms with E-state index in [1.165, 1.54) is 12.1 Å². The number of anilines is 1. The third-order valence-electron chi connectivity index (χ3n) is 4.09. The zero-order valence-corrected chi connectivity index (χ0v) is 11.6. The molecule has 2 aromatic carbocycles. The molecule has 3 heteroatoms. The SMILES string of the molecule is CN1C(=O)C(C)(Cc2ccccc2)c2cc(F)ccc21. The molecule has 0 spiro atoms. The average molecular weight is 269 g/mol. The lowest BCUT2D eigenvalue weighted by Crippen LogP contribution is -2.37. The van der Waals surface area contributed by atoms with E-state index >= 15 is 0 Å². The van der Waals surface area contributed by atoms with Crippen LogP contribution in [0.4, 0.5) is 10.1 Å². The molecule has 1 heterocycles. The van der Waals surface area contributed by atoms with E-state index < -0.39 is 5.41 Å². The van der Waals surface area contributed by atoms with Crippen molar-refractivity contribution >= 4 is 11.6 Å². The Morgan fingerprint density at radius 2 is 1.85 bits per heavy atom. The number of benzene rings is 2. The van der Waals surface area contributed by atoms with Gasteiger partial charge in [0.25, 0.3) is 0 Å². The summed E-state index contributed by atoms with van der Waals surface area (Å²) in [5.41, 5.74) is 1.95. The minimum absolute atomic E-state index is 0.0157. The standard InChI is InChI=1S/C17H16FNO/c1-17(11-12-6-4-3-5-7-12)14-10-13(18)8-9-15(14)19(2)16(17)20/h3-10H,11H2,1-2H3. The van der Waals surface area contributed by atoms with Gasteiger partial charge in [-0.05, 0) is 42.7 Å². The average Bonchev–Trinajstić information content (AvgIpc) is 2.62. The molecule has 0 saturated carbocycles. The molecule has 0 saturated heterocycles. The molecule has 1 unspecified atom stereocenters. The molecular formula is C17H16FNO. The van der Waals surface area contributed by atoms with E-state index in [1.807, 2.05) is 37.3 Å². The van der Waals surface area contributed by atoms with Gasteiger partial charge in [-0.3, -0.25) is 4.79 Å². The van der Waals surface area contributed by atoms with E-state index in [9.17, 15) is 9.18 Å². The van der Waals surface area contributed by atoms with E-state index in [0.717, 1.165) is 16.8 Å². The van der Waals surface area contributed by atoms with Crippen LogP contribution >= 0.6 is 0 Å². The highest BCUT2D eigenvalue weighted by atomic mass is 19.1. The summed E-state index contributed by atoms with van der Waals surface area (Å²) < 4.78 is 13.6. The maximum atomic E-state index is 13.6. The van der Waals surface area contributed by atoms with Crippen molar-refractivity contribution in [3.8, 4) is 0 Å². The van der Waals surface area contributed by atoms with Crippen molar-refractivity contribution in [3.05, 3.63) is 65.5 Å². The quantitative estimate of drug-likeness (QED) is 0.819. The van der Waals surface area contributed by atoms with Gasteiger partial charge >= 0.3 is 0 Å². The van der Waals surface area contributed by atoms with E-state index in [0.29, 0.717) is 6.42 Å². The first-order chi connectivity index (χ1) is 9.52. The molecule has 0 N–H and O–H groups in total. The Balaban J connectivity index is 2.09. The van der Waals surface area contributed by atoms with Crippen molar-refractivity contribution in [3.63, 3.8) is 0 Å². The Kier molecular flexibility index (Phi) is 2.85. The van der Waals surface area contributed by atoms with Crippen LogP contribution in [0.25, 0.3) is 0 Å². The summed E-state index contributed by atoms with van der Waals surface area (Å²) in [4.78, 5) is 14.2. The van der Waals surface area contributed by atoms with E-state index in [2.05, 4.69) is 0 Å². The molecule has 1 aliphatic rings. The molecule has 1 amide bonds. The molecule has 1 atom stereocenters. The van der Waals surface area contributed by atoms with Crippen LogP contribution in [-0.4, -0.2) is 13.0 Å². The number of fused-ring (bicyclic) bond motifs is 1. The van der Waals surface area contributed by atoms with Gasteiger partial charge in [-0.25, -0.2) is 4.39 Å². The van der Waals surface area contributed by atoms with Crippen LogP contribution in [0.2, 0.25) is 0 Å². The number of hydrogen-bond donors (Lipinski definition) is 0. The van der Waals surface area contributed by atoms with Gasteiger partial charge in [0.05, 0.1) is 5.41 Å². The molecule has 102 valence electrons. The molecule has 0 aromatic heterocycles. The number of nitrogens with zero attached hydrogens (tertiary/aromatic N) is 1. The molecule has 0 fully saturated rings. The Morgan fingerprint density at radius 3 is 2.55 bits per heavy atom. The monoisotopic (exact) mass is 269 g/mol. The first-order valence-corrected chi connectivity index (χ1v) is 6.64. The molecular weight excluding hydrogens is 253 g/mol. The van der Waals surface area contributed by atoms with E-state index in [-0.39, 0.29) is 11.7 Å². The maximum absolute atomic E-state index is 13.6. The highest BCUT2D eigenvalue weighted by Crippen LogP contribution is 2.43. The van der Waals surface area contributed by atoms with Crippen molar-refractivity contribution in [2.75, 3.05) is 11.9 Å². The second-order valence-corrected chi connectivity index (χ2v) is 5.52. The predicted molar refractivity (Wildman–Crippen MR) is 77.3 cm³/mol. The molecule has 0 bridgehead atoms. The van der Waals surface area contributed by atoms with Gasteiger partial charge in [0.15, 0.2) is 0 Å². The summed E-state index contributed by atoms with van der Waals surface area (Å²) in [5, 5.41) is 0. The van der Waals surface area contributed by atoms with Crippen LogP contribution < -0.4 is 4.90 Å². The Bertz CT molecular complexity index is 668. The molecule has 2 nitrogen and oxygen atoms in total. The normalized spacial score (nSPS) is 21.1. The van der Waals surface area contributed by atoms with Crippen LogP contribution in [0.1, 0.15) is 18.1 Å². The van der Waals surface area contributed by atoms with Gasteiger partial charge in [-0.1, -0.05) is 30.3 Å². The Labute approximate surface area is 117 Å². The largest absolute Gasteiger partial charge is 0.314 e. The van der Waals surface area contributed by atoms with Gasteiger partial charge in [0.2, 0.25) is 5.91 Å². The highest BCUT2D eigenvalue weighted by molar-refractivity contribution is 6.07. The molecule has 1 aliphatic heterocycles. The maximum Gasteiger partial charge on any atom is 0.237 e. The lowest BCUT2D eigenvalue weighted by Gasteiger charge is -2.23. The van der Waals surface area contributed by atoms with E-state index in [4.69, 9.17) is 0 Å². The number of carbonyl (C=O) groups is 1. The van der Waals surface area contributed by atoms with Crippen molar-refractivity contribution in [1.82, 2.24) is 0 Å². The predicted octanol–water partition coefficient (Wildman–Crippen LogP) is 3.30. The Hall–Kier alpha value is -2.16. The van der Waals surface area contributed by atoms with Crippen LogP contribution in [0, 0.1) is 5.82 Å². The minimum Gasteiger partial charge on any atom is -0.314 e. The first-order valence-electron chi connectivity index (χ1n) is 6.64. The van der Waals surface area contributed by atoms with Gasteiger partial charge in [0, 0.05) is 12.7 Å². The summed E-state index contributed by atoms with van der Waals surface area (Å²) >= 11 is 0. The molecule has 3 rings (SSSR count). The summed E-state index contributed by atoms with van der Waals surface area (Å²) in [6.07, 6.45) is 0.577. The number of likely N-dealkylation sites (N-methyl/N-ethyl adjacent to an activating group) is 1. The minimum atomic E-state index is -0.701. The van der Waals surface area contributed by atoms with Gasteiger partial charge in [-0.15, -0.1) is 0 Å². The second-order valence-electron chi connectivity index (χ2n) is 5.52. The Morgan fingerprint density at radius 1 is 1.15 bits per heavy atom. The fourth-order valence-corrected chi connectivity index (χ4v) is 3.01. The summed E-state index contributed by atoms with van der Waals surface area (Å²) in [6, 6.07) is 14.4. The van der Waals surface area contributed by atoms with Gasteiger partial charge < -0.3 is 4.90 Å². The number of carbonyl (C=O) groups excluding carboxylic acids is 1. The van der Waals surface area contributed by atoms with Gasteiger partial charge in [-0.2, -0.15) is 0 Å². The van der Waals surface area contributed by atoms with Crippen LogP contribution in [0.15, 0.2) is 48.5 Å². The van der Waals surface area contributed by atoms with Crippen molar-refractivity contribution in [1.29, 1.82) is 0 Å². The van der Waals surface area contributed by atoms with Gasteiger partial charge in [0.1, 0.15) is 5.82 Å². The highest BCUT2D eigenvalue weighted by Gasteiger charge is 2.46. The molecule has 2 aromatic rings. The zero-order valence-electron chi connectivity index (χ0n) is 11.6. The summed E-state index contributed by atoms with van der Waals surface area (Å²) in [7, 11) is 1.75. The summed E-state index contributed by atoms with van der Waals surface area (Å²) in [6.45, 7) is 1.89. The van der Waals surface area contributed by atoms with Crippen molar-refractivity contribution < 1.29 is 9.18 Å². The topological polar surface area (TPSA) is 20.3 Å². The van der Waals surface area contributed by atoms with Crippen molar-refractivity contribution in [2.45, 2.75) is 18.8 Å². The van der Waals surface area contributed by atoms with E-state index in [1.54, 1.807) is 18.0 Å². The van der Waals surface area contributed by atoms with Crippen LogP contribution in [0.3, 0.4) is 0 Å². The summed E-state index contributed by atoms with van der Waals surface area (Å²) in [5.74, 6) is -0.284. The third-order valence-corrected chi connectivity index (χ3v) is 4.09. The molecule has 0 aliphatic carbocycles. The smallest absolute Gasteiger partial charge is 0.237 e. The number of halogens is 1. The number of rotatable bonds is 2. The number of hydrogen-bond acceptors (Lipinski definition) is 1. The van der Waals surface area contributed by atoms with Crippen molar-refractivity contribution in [2.24, 2.45) is 0 Å². The van der Waals surface area contributed by atoms with Crippen LogP contribution in [0.5, 0.6) is 0 Å². The fourth-order valence-electron chi connectivity index (χ4n) is 3.01.